The molecule has 4 rings (SSSR count). The molecule has 0 bridgehead atoms. The summed E-state index contributed by atoms with van der Waals surface area (Å²) >= 11 is 0. The molecule has 129 valence electrons. The van der Waals surface area contributed by atoms with E-state index in [1.165, 1.54) is 11.1 Å². The fraction of sp³-hybridized carbons (Fsp3) is 0.0476. The van der Waals surface area contributed by atoms with E-state index in [9.17, 15) is 0 Å². The number of hydrogen-bond donors (Lipinski definition) is 0. The number of aromatic nitrogens is 1. The molecule has 25 heavy (non-hydrogen) atoms. The van der Waals surface area contributed by atoms with E-state index >= 15 is 0 Å². The van der Waals surface area contributed by atoms with Gasteiger partial charge < -0.3 is 7.43 Å². The summed E-state index contributed by atoms with van der Waals surface area (Å²) < 4.78 is 0. The van der Waals surface area contributed by atoms with Gasteiger partial charge in [0.25, 0.3) is 0 Å². The first kappa shape index (κ1) is 25.7. The molecule has 1 nitrogen and oxygen atoms in total. The van der Waals surface area contributed by atoms with E-state index in [-0.39, 0.29) is 49.6 Å². The summed E-state index contributed by atoms with van der Waals surface area (Å²) in [6, 6.07) is 23.2. The Labute approximate surface area is 173 Å². The van der Waals surface area contributed by atoms with E-state index in [2.05, 4.69) is 53.5 Å². The van der Waals surface area contributed by atoms with Crippen molar-refractivity contribution in [1.29, 1.82) is 0 Å². The normalized spacial score (nSPS) is 10.6. The second-order valence-corrected chi connectivity index (χ2v) is 4.69. The first-order valence-corrected chi connectivity index (χ1v) is 6.97. The Morgan fingerprint density at radius 3 is 2.24 bits per heavy atom. The molecule has 0 fully saturated rings. The van der Waals surface area contributed by atoms with Crippen molar-refractivity contribution in [2.24, 2.45) is 0 Å². The Morgan fingerprint density at radius 2 is 1.60 bits per heavy atom. The molecule has 1 radical (unpaired) electrons. The molecule has 1 aliphatic carbocycles. The van der Waals surface area contributed by atoms with Crippen LogP contribution in [0.15, 0.2) is 79.0 Å². The van der Waals surface area contributed by atoms with Crippen LogP contribution in [0, 0.1) is 19.6 Å². The Balaban J connectivity index is 0. The SMILES string of the molecule is Cl.Cl.[C-]1=CC(c2ccccc2)=CC1.[CH3-].[Cr+3].[c-]1cccc2cccnc12. The van der Waals surface area contributed by atoms with Crippen molar-refractivity contribution in [2.45, 2.75) is 6.42 Å². The summed E-state index contributed by atoms with van der Waals surface area (Å²) in [7, 11) is 0. The van der Waals surface area contributed by atoms with Gasteiger partial charge in [-0.3, -0.25) is 11.1 Å². The van der Waals surface area contributed by atoms with Crippen molar-refractivity contribution >= 4 is 41.3 Å². The Hall–Kier alpha value is -1.56. The first-order valence-electron chi connectivity index (χ1n) is 6.97. The summed E-state index contributed by atoms with van der Waals surface area (Å²) in [5.74, 6) is 0. The van der Waals surface area contributed by atoms with Gasteiger partial charge in [-0.05, 0) is 5.52 Å². The molecule has 0 atom stereocenters. The number of hydrogen-bond acceptors (Lipinski definition) is 1. The molecule has 0 spiro atoms. The number of para-hydroxylation sites is 1. The van der Waals surface area contributed by atoms with E-state index < -0.39 is 0 Å². The van der Waals surface area contributed by atoms with Gasteiger partial charge in [-0.2, -0.15) is 35.9 Å². The molecule has 1 aliphatic rings. The van der Waals surface area contributed by atoms with Crippen molar-refractivity contribution in [2.75, 3.05) is 0 Å². The van der Waals surface area contributed by atoms with Crippen molar-refractivity contribution in [1.82, 2.24) is 4.98 Å². The van der Waals surface area contributed by atoms with Crippen LogP contribution in [0.2, 0.25) is 0 Å². The zero-order chi connectivity index (χ0) is 14.3. The van der Waals surface area contributed by atoms with Crippen molar-refractivity contribution in [3.05, 3.63) is 104 Å². The molecular formula is C21H20Cl2CrN. The third-order valence-electron chi connectivity index (χ3n) is 3.24. The number of allylic oxidation sites excluding steroid dienone is 4. The number of rotatable bonds is 1. The maximum absolute atomic E-state index is 4.13. The average Bonchev–Trinajstić information content (AvgIpc) is 3.11. The Kier molecular flexibility index (Phi) is 14.1. The summed E-state index contributed by atoms with van der Waals surface area (Å²) in [6.45, 7) is 0. The van der Waals surface area contributed by atoms with Gasteiger partial charge in [0, 0.05) is 6.20 Å². The van der Waals surface area contributed by atoms with Gasteiger partial charge >= 0.3 is 17.4 Å². The van der Waals surface area contributed by atoms with Crippen LogP contribution in [-0.4, -0.2) is 4.98 Å². The van der Waals surface area contributed by atoms with Crippen LogP contribution in [0.1, 0.15) is 12.0 Å². The molecule has 0 N–H and O–H groups in total. The van der Waals surface area contributed by atoms with Crippen LogP contribution in [0.3, 0.4) is 0 Å². The first-order chi connectivity index (χ1) is 10.4. The topological polar surface area (TPSA) is 12.9 Å². The summed E-state index contributed by atoms with van der Waals surface area (Å²) in [5.41, 5.74) is 3.52. The van der Waals surface area contributed by atoms with Crippen LogP contribution in [-0.2, 0) is 17.4 Å². The van der Waals surface area contributed by atoms with Gasteiger partial charge in [-0.15, -0.1) is 48.3 Å². The predicted octanol–water partition coefficient (Wildman–Crippen LogP) is 6.16. The van der Waals surface area contributed by atoms with E-state index in [0.29, 0.717) is 0 Å². The van der Waals surface area contributed by atoms with E-state index in [4.69, 9.17) is 0 Å². The standard InChI is InChI=1S/C11H9.C9H6N.CH3.2ClH.Cr/c1-2-6-10(7-3-1)11-8-4-5-9-11;1-2-6-9-8(4-1)5-3-7-10-9;;;;/h1-3,6-9H,4H2;1-5,7H;1H3;2*1H;/q3*-1;;;+3. The van der Waals surface area contributed by atoms with Crippen molar-refractivity contribution in [3.8, 4) is 0 Å². The van der Waals surface area contributed by atoms with Gasteiger partial charge in [0.1, 0.15) is 0 Å². The van der Waals surface area contributed by atoms with Gasteiger partial charge in [0.15, 0.2) is 0 Å². The zero-order valence-electron chi connectivity index (χ0n) is 13.9. The maximum Gasteiger partial charge on any atom is 3.00 e. The molecule has 2 aromatic carbocycles. The van der Waals surface area contributed by atoms with Crippen LogP contribution in [0.4, 0.5) is 0 Å². The van der Waals surface area contributed by atoms with Crippen molar-refractivity contribution in [3.63, 3.8) is 0 Å². The van der Waals surface area contributed by atoms with Gasteiger partial charge in [-0.1, -0.05) is 36.4 Å². The number of nitrogens with zero attached hydrogens (tertiary/aromatic N) is 1. The van der Waals surface area contributed by atoms with Crippen LogP contribution < -0.4 is 0 Å². The van der Waals surface area contributed by atoms with Crippen LogP contribution in [0.25, 0.3) is 16.5 Å². The van der Waals surface area contributed by atoms with Crippen LogP contribution >= 0.6 is 24.8 Å². The predicted molar refractivity (Wildman–Crippen MR) is 108 cm³/mol. The number of fused-ring (bicyclic) bond motifs is 1. The van der Waals surface area contributed by atoms with E-state index in [0.717, 1.165) is 17.3 Å². The molecule has 0 unspecified atom stereocenters. The second-order valence-electron chi connectivity index (χ2n) is 4.69. The minimum Gasteiger partial charge on any atom is -0.358 e. The fourth-order valence-electron chi connectivity index (χ4n) is 2.18. The fourth-order valence-corrected chi connectivity index (χ4v) is 2.18. The summed E-state index contributed by atoms with van der Waals surface area (Å²) in [6.07, 6.45) is 10.1. The largest absolute Gasteiger partial charge is 3.00 e. The maximum atomic E-state index is 4.13. The molecule has 0 saturated heterocycles. The molecule has 0 saturated carbocycles. The molecule has 1 heterocycles. The average molecular weight is 409 g/mol. The van der Waals surface area contributed by atoms with Gasteiger partial charge in [-0.25, -0.2) is 6.08 Å². The summed E-state index contributed by atoms with van der Waals surface area (Å²) in [4.78, 5) is 4.13. The Bertz CT molecular complexity index is 721. The molecule has 0 amide bonds. The molecule has 3 aromatic rings. The van der Waals surface area contributed by atoms with E-state index in [1.807, 2.05) is 36.4 Å². The summed E-state index contributed by atoms with van der Waals surface area (Å²) in [5, 5.41) is 1.14. The minimum atomic E-state index is 0. The molecule has 1 aromatic heterocycles. The number of halogens is 2. The van der Waals surface area contributed by atoms with Crippen LogP contribution in [0.5, 0.6) is 0 Å². The molecule has 4 heteroatoms. The number of benzene rings is 2. The van der Waals surface area contributed by atoms with E-state index in [1.54, 1.807) is 6.20 Å². The van der Waals surface area contributed by atoms with Crippen molar-refractivity contribution < 1.29 is 17.4 Å². The minimum absolute atomic E-state index is 0. The van der Waals surface area contributed by atoms with Gasteiger partial charge in [0.05, 0.1) is 0 Å². The second kappa shape index (κ2) is 13.7. The quantitative estimate of drug-likeness (QED) is 0.439. The van der Waals surface area contributed by atoms with Gasteiger partial charge in [0.2, 0.25) is 0 Å². The Morgan fingerprint density at radius 1 is 0.880 bits per heavy atom. The third kappa shape index (κ3) is 7.47. The third-order valence-corrected chi connectivity index (χ3v) is 3.24. The smallest absolute Gasteiger partial charge is 0.358 e. The number of pyridine rings is 1. The molecule has 0 aliphatic heterocycles. The molecular weight excluding hydrogens is 389 g/mol. The zero-order valence-corrected chi connectivity index (χ0v) is 16.8. The monoisotopic (exact) mass is 408 g/mol.